The maximum absolute atomic E-state index is 14.7. The molecule has 3 aliphatic heterocycles. The number of guanidine groups is 1. The molecule has 0 spiro atoms. The van der Waals surface area contributed by atoms with Gasteiger partial charge in [0.05, 0.1) is 39.2 Å². The monoisotopic (exact) mass is 1350 g/mol. The smallest absolute Gasteiger partial charge is 0.321 e. The Bertz CT molecular complexity index is 3160. The Hall–Kier alpha value is -9.64. The minimum absolute atomic E-state index is 0.00503. The third-order valence-corrected chi connectivity index (χ3v) is 15.8. The molecular formula is C62H86F2N16O16. The number of nitrogens with zero attached hydrogens (tertiary/aromatic N) is 6. The van der Waals surface area contributed by atoms with Crippen molar-refractivity contribution in [2.75, 3.05) is 118 Å². The summed E-state index contributed by atoms with van der Waals surface area (Å²) in [6.45, 7) is 2.87. The summed E-state index contributed by atoms with van der Waals surface area (Å²) < 4.78 is 35.5. The second kappa shape index (κ2) is 38.7. The number of phenols is 1. The fourth-order valence-electron chi connectivity index (χ4n) is 10.8. The molecule has 3 aromatic rings. The summed E-state index contributed by atoms with van der Waals surface area (Å²) in [4.78, 5) is 152. The molecule has 32 nitrogen and oxygen atoms in total. The lowest BCUT2D eigenvalue weighted by atomic mass is 10.0. The zero-order valence-corrected chi connectivity index (χ0v) is 53.4. The first-order valence-electron chi connectivity index (χ1n) is 31.5. The number of nitrogens with one attached hydrogen (secondary N) is 9. The number of amides is 9. The van der Waals surface area contributed by atoms with Gasteiger partial charge in [-0.15, -0.1) is 0 Å². The van der Waals surface area contributed by atoms with E-state index >= 15 is 0 Å². The molecule has 15 N–H and O–H groups in total. The van der Waals surface area contributed by atoms with Gasteiger partial charge >= 0.3 is 23.9 Å². The predicted octanol–water partition coefficient (Wildman–Crippen LogP) is -2.31. The highest BCUT2D eigenvalue weighted by Gasteiger charge is 2.36. The lowest BCUT2D eigenvalue weighted by Gasteiger charge is -2.33. The summed E-state index contributed by atoms with van der Waals surface area (Å²) in [5.74, 6) is -9.68. The molecule has 1 unspecified atom stereocenters. The molecule has 524 valence electrons. The van der Waals surface area contributed by atoms with Crippen LogP contribution in [-0.4, -0.2) is 252 Å². The zero-order chi connectivity index (χ0) is 69.7. The number of nitrogens with two attached hydrogens (primary N) is 1. The Kier molecular flexibility index (Phi) is 30.4. The topological polar surface area (TPSA) is 441 Å². The van der Waals surface area contributed by atoms with E-state index in [0.717, 1.165) is 11.1 Å². The van der Waals surface area contributed by atoms with Crippen molar-refractivity contribution >= 4 is 71.2 Å². The van der Waals surface area contributed by atoms with Crippen molar-refractivity contribution in [2.24, 2.45) is 10.7 Å². The SMILES string of the molecule is CCC(=O)NCCNC(=O)NC(N)=NCCC[C@@H](NC(=O)[C@H](c1ccc(OCCCNC(=O)CC2NC(=O)[C@@H](CCNC(=O)CN3CCN(CC(=O)O)CCN(CC(=O)O)CCN(CC(=O)O)CC3)NC2=O)cc1)N1Cc2ccccc2C1)C(=O)NCc1c(F)cc(O)cc1F. The average molecular weight is 1350 g/mol. The molecule has 96 heavy (non-hydrogen) atoms. The number of ether oxygens (including phenoxy) is 1. The number of carbonyl (C=O) groups excluding carboxylic acids is 8. The van der Waals surface area contributed by atoms with Crippen molar-refractivity contribution in [1.82, 2.24) is 72.4 Å². The van der Waals surface area contributed by atoms with E-state index in [2.05, 4.69) is 52.8 Å². The molecule has 0 aliphatic carbocycles. The van der Waals surface area contributed by atoms with Crippen LogP contribution < -0.4 is 58.3 Å². The van der Waals surface area contributed by atoms with Crippen molar-refractivity contribution in [3.8, 4) is 11.5 Å². The molecule has 9 amide bonds. The van der Waals surface area contributed by atoms with Gasteiger partial charge in [-0.05, 0) is 54.5 Å². The highest BCUT2D eigenvalue weighted by Crippen LogP contribution is 2.33. The summed E-state index contributed by atoms with van der Waals surface area (Å²) in [6, 6.07) is 10.5. The number of piperazine rings is 1. The lowest BCUT2D eigenvalue weighted by Crippen LogP contribution is -2.62. The Morgan fingerprint density at radius 3 is 1.73 bits per heavy atom. The first-order valence-corrected chi connectivity index (χ1v) is 31.5. The summed E-state index contributed by atoms with van der Waals surface area (Å²) in [7, 11) is 0. The van der Waals surface area contributed by atoms with Crippen LogP contribution in [0.4, 0.5) is 13.6 Å². The number of hydrogen-bond donors (Lipinski definition) is 14. The number of carboxylic acids is 3. The summed E-state index contributed by atoms with van der Waals surface area (Å²) in [5.41, 5.74) is 7.87. The first kappa shape index (κ1) is 75.4. The summed E-state index contributed by atoms with van der Waals surface area (Å²) in [5, 5.41) is 61.6. The van der Waals surface area contributed by atoms with Crippen LogP contribution in [0, 0.1) is 11.6 Å². The van der Waals surface area contributed by atoms with Gasteiger partial charge in [-0.3, -0.25) is 82.8 Å². The van der Waals surface area contributed by atoms with Crippen molar-refractivity contribution in [1.29, 1.82) is 0 Å². The first-order chi connectivity index (χ1) is 45.9. The molecule has 3 aromatic carbocycles. The molecule has 6 rings (SSSR count). The van der Waals surface area contributed by atoms with E-state index in [4.69, 9.17) is 10.5 Å². The Morgan fingerprint density at radius 2 is 1.17 bits per heavy atom. The van der Waals surface area contributed by atoms with Gasteiger partial charge in [-0.2, -0.15) is 0 Å². The number of fused-ring (bicyclic) bond motifs is 1. The second-order valence-electron chi connectivity index (χ2n) is 23.1. The molecule has 34 heteroatoms. The van der Waals surface area contributed by atoms with Crippen molar-refractivity contribution in [2.45, 2.75) is 89.3 Å². The van der Waals surface area contributed by atoms with E-state index in [1.165, 1.54) is 0 Å². The number of halogens is 2. The van der Waals surface area contributed by atoms with E-state index < -0.39 is 113 Å². The number of hydrogen-bond acceptors (Lipinski definition) is 19. The van der Waals surface area contributed by atoms with Gasteiger partial charge in [-0.1, -0.05) is 43.3 Å². The average Bonchev–Trinajstić information content (AvgIpc) is 1.62. The van der Waals surface area contributed by atoms with Gasteiger partial charge in [0, 0.05) is 129 Å². The zero-order valence-electron chi connectivity index (χ0n) is 53.4. The minimum Gasteiger partial charge on any atom is -0.508 e. The normalized spacial score (nSPS) is 17.6. The number of aliphatic imine (C=N–C) groups is 1. The Morgan fingerprint density at radius 1 is 0.646 bits per heavy atom. The quantitative estimate of drug-likeness (QED) is 0.0173. The van der Waals surface area contributed by atoms with E-state index in [-0.39, 0.29) is 162 Å². The summed E-state index contributed by atoms with van der Waals surface area (Å²) >= 11 is 0. The number of carbonyl (C=O) groups is 11. The highest BCUT2D eigenvalue weighted by atomic mass is 19.1. The van der Waals surface area contributed by atoms with Crippen molar-refractivity contribution in [3.05, 3.63) is 94.6 Å². The third-order valence-electron chi connectivity index (χ3n) is 15.8. The van der Waals surface area contributed by atoms with Crippen LogP contribution in [-0.2, 0) is 67.6 Å². The highest BCUT2D eigenvalue weighted by molar-refractivity contribution is 5.99. The molecule has 2 fully saturated rings. The number of aromatic hydroxyl groups is 1. The van der Waals surface area contributed by atoms with Crippen molar-refractivity contribution in [3.63, 3.8) is 0 Å². The molecule has 0 saturated carbocycles. The van der Waals surface area contributed by atoms with E-state index in [1.807, 2.05) is 29.2 Å². The molecule has 3 heterocycles. The van der Waals surface area contributed by atoms with Gasteiger partial charge in [0.2, 0.25) is 41.4 Å². The van der Waals surface area contributed by atoms with E-state index in [9.17, 15) is 81.9 Å². The van der Waals surface area contributed by atoms with E-state index in [1.54, 1.807) is 50.8 Å². The molecular weight excluding hydrogens is 1260 g/mol. The number of aliphatic carboxylic acids is 3. The molecule has 2 saturated heterocycles. The number of rotatable bonds is 33. The molecule has 0 bridgehead atoms. The number of benzene rings is 3. The summed E-state index contributed by atoms with van der Waals surface area (Å²) in [6.07, 6.45) is 0.311. The van der Waals surface area contributed by atoms with Crippen LogP contribution >= 0.6 is 0 Å². The molecule has 3 aliphatic rings. The fraction of sp³-hybridized carbons (Fsp3) is 0.516. The van der Waals surface area contributed by atoms with Gasteiger partial charge in [-0.25, -0.2) is 13.6 Å². The standard InChI is InChI=1S/C62H86F2N16O16/c1-2-50(82)68-18-19-70-62(95)75-61(65)69-15-5-9-47(57(91)71-32-44-45(63)29-42(81)30-46(44)64)73-60(94)56(80-33-40-7-3-4-8-41(40)34-80)39-10-12-43(13-11-39)96-28-6-16-66-51(83)31-49-59(93)72-48(58(92)74-49)14-17-67-52(84)35-76-20-22-77(36-53(85)86)24-26-79(38-55(89)90)27-25-78(23-21-76)37-54(87)88/h3-4,7-8,10-13,29-30,47-49,56,81H,2,5-6,9,14-28,31-38H2,1H3,(H,66,83)(H,67,84)(H,68,82)(H,71,91)(H,72,93)(H,73,94)(H,74,92)(H,85,86)(H,87,88)(H,89,90)(H4,65,69,70,75,95)/t47-,48-,49?,56+/m1/s1. The Balaban J connectivity index is 0.973. The fourth-order valence-corrected chi connectivity index (χ4v) is 10.8. The number of phenolic OH excluding ortho intramolecular Hbond substituents is 1. The molecule has 0 radical (unpaired) electrons. The largest absolute Gasteiger partial charge is 0.508 e. The van der Waals surface area contributed by atoms with E-state index in [0.29, 0.717) is 43.0 Å². The van der Waals surface area contributed by atoms with Gasteiger partial charge in [0.15, 0.2) is 5.96 Å². The third kappa shape index (κ3) is 25.9. The lowest BCUT2D eigenvalue weighted by molar-refractivity contribution is -0.140. The van der Waals surface area contributed by atoms with Gasteiger partial charge in [0.1, 0.15) is 47.3 Å². The van der Waals surface area contributed by atoms with Crippen LogP contribution in [0.3, 0.4) is 0 Å². The number of urea groups is 1. The molecule has 4 atom stereocenters. The predicted molar refractivity (Wildman–Crippen MR) is 340 cm³/mol. The van der Waals surface area contributed by atoms with Crippen LogP contribution in [0.2, 0.25) is 0 Å². The minimum atomic E-state index is -1.29. The number of carboxylic acid groups (broad SMARTS) is 3. The van der Waals surface area contributed by atoms with Crippen LogP contribution in [0.1, 0.15) is 73.7 Å². The van der Waals surface area contributed by atoms with Gasteiger partial charge in [0.25, 0.3) is 0 Å². The second-order valence-corrected chi connectivity index (χ2v) is 23.1. The maximum atomic E-state index is 14.7. The van der Waals surface area contributed by atoms with Crippen LogP contribution in [0.5, 0.6) is 11.5 Å². The Labute approximate surface area is 552 Å². The molecule has 0 aromatic heterocycles. The van der Waals surface area contributed by atoms with Crippen LogP contribution in [0.15, 0.2) is 65.7 Å². The van der Waals surface area contributed by atoms with Crippen molar-refractivity contribution < 1.29 is 86.7 Å². The van der Waals surface area contributed by atoms with Gasteiger partial charge < -0.3 is 73.4 Å². The van der Waals surface area contributed by atoms with Crippen LogP contribution in [0.25, 0.3) is 0 Å². The maximum Gasteiger partial charge on any atom is 0.321 e.